The number of carbonyl (C=O) groups is 1. The SMILES string of the molecule is COc1cc(C)c(C2CNC(=O)N2)c(C)c1C. The standard InChI is InChI=1S/C13H18N2O2/c1-7-5-11(17-4)8(2)9(3)12(7)10-6-14-13(16)15-10/h5,10H,6H2,1-4H3,(H2,14,15,16). The average Bonchev–Trinajstić information content (AvgIpc) is 2.70. The number of aryl methyl sites for hydroxylation is 1. The van der Waals surface area contributed by atoms with Gasteiger partial charge in [-0.05, 0) is 49.1 Å². The number of amides is 2. The number of benzene rings is 1. The first kappa shape index (κ1) is 11.8. The summed E-state index contributed by atoms with van der Waals surface area (Å²) in [7, 11) is 1.68. The lowest BCUT2D eigenvalue weighted by molar-refractivity contribution is 0.247. The maximum atomic E-state index is 11.2. The molecule has 4 nitrogen and oxygen atoms in total. The lowest BCUT2D eigenvalue weighted by Crippen LogP contribution is -2.22. The smallest absolute Gasteiger partial charge is 0.315 e. The van der Waals surface area contributed by atoms with Crippen LogP contribution in [0.5, 0.6) is 5.75 Å². The van der Waals surface area contributed by atoms with E-state index >= 15 is 0 Å². The van der Waals surface area contributed by atoms with Gasteiger partial charge in [0.05, 0.1) is 13.2 Å². The van der Waals surface area contributed by atoms with Crippen molar-refractivity contribution >= 4 is 6.03 Å². The number of rotatable bonds is 2. The van der Waals surface area contributed by atoms with Crippen LogP contribution in [0.4, 0.5) is 4.79 Å². The van der Waals surface area contributed by atoms with Crippen molar-refractivity contribution in [1.29, 1.82) is 0 Å². The molecule has 1 saturated heterocycles. The molecule has 0 saturated carbocycles. The summed E-state index contributed by atoms with van der Waals surface area (Å²) in [4.78, 5) is 11.2. The van der Waals surface area contributed by atoms with Gasteiger partial charge in [0, 0.05) is 6.54 Å². The molecular weight excluding hydrogens is 216 g/mol. The Kier molecular flexibility index (Phi) is 2.96. The summed E-state index contributed by atoms with van der Waals surface area (Å²) < 4.78 is 5.34. The first-order valence-electron chi connectivity index (χ1n) is 5.73. The molecule has 1 fully saturated rings. The van der Waals surface area contributed by atoms with Crippen molar-refractivity contribution in [3.63, 3.8) is 0 Å². The summed E-state index contributed by atoms with van der Waals surface area (Å²) in [5, 5.41) is 5.71. The van der Waals surface area contributed by atoms with Gasteiger partial charge in [0.2, 0.25) is 0 Å². The van der Waals surface area contributed by atoms with Crippen molar-refractivity contribution in [2.45, 2.75) is 26.8 Å². The van der Waals surface area contributed by atoms with Gasteiger partial charge in [-0.25, -0.2) is 4.79 Å². The fraction of sp³-hybridized carbons (Fsp3) is 0.462. The lowest BCUT2D eigenvalue weighted by atomic mass is 9.92. The Hall–Kier alpha value is -1.71. The predicted octanol–water partition coefficient (Wildman–Crippen LogP) is 1.97. The summed E-state index contributed by atoms with van der Waals surface area (Å²) in [5.41, 5.74) is 4.67. The third kappa shape index (κ3) is 1.95. The Labute approximate surface area is 101 Å². The Morgan fingerprint density at radius 2 is 2.00 bits per heavy atom. The van der Waals surface area contributed by atoms with Gasteiger partial charge in [-0.15, -0.1) is 0 Å². The number of methoxy groups -OCH3 is 1. The van der Waals surface area contributed by atoms with E-state index in [2.05, 4.69) is 24.5 Å². The second kappa shape index (κ2) is 4.28. The van der Waals surface area contributed by atoms with Crippen molar-refractivity contribution in [3.8, 4) is 5.75 Å². The zero-order valence-electron chi connectivity index (χ0n) is 10.7. The van der Waals surface area contributed by atoms with E-state index < -0.39 is 0 Å². The number of carbonyl (C=O) groups excluding carboxylic acids is 1. The van der Waals surface area contributed by atoms with Crippen LogP contribution in [0.1, 0.15) is 28.3 Å². The molecule has 0 spiro atoms. The quantitative estimate of drug-likeness (QED) is 0.822. The third-order valence-electron chi connectivity index (χ3n) is 3.45. The minimum absolute atomic E-state index is 0.0621. The zero-order chi connectivity index (χ0) is 12.6. The highest BCUT2D eigenvalue weighted by Gasteiger charge is 2.25. The molecule has 1 aromatic rings. The van der Waals surface area contributed by atoms with Gasteiger partial charge in [-0.2, -0.15) is 0 Å². The highest BCUT2D eigenvalue weighted by molar-refractivity contribution is 5.77. The topological polar surface area (TPSA) is 50.4 Å². The van der Waals surface area contributed by atoms with Crippen molar-refractivity contribution < 1.29 is 9.53 Å². The van der Waals surface area contributed by atoms with E-state index in [1.165, 1.54) is 11.1 Å². The van der Waals surface area contributed by atoms with Crippen LogP contribution in [0.15, 0.2) is 6.07 Å². The van der Waals surface area contributed by atoms with Gasteiger partial charge < -0.3 is 15.4 Å². The molecule has 0 bridgehead atoms. The third-order valence-corrected chi connectivity index (χ3v) is 3.45. The Balaban J connectivity index is 2.47. The predicted molar refractivity (Wildman–Crippen MR) is 66.5 cm³/mol. The molecule has 1 unspecified atom stereocenters. The van der Waals surface area contributed by atoms with Crippen LogP contribution < -0.4 is 15.4 Å². The van der Waals surface area contributed by atoms with Gasteiger partial charge in [-0.3, -0.25) is 0 Å². The van der Waals surface area contributed by atoms with Gasteiger partial charge in [-0.1, -0.05) is 0 Å². The Morgan fingerprint density at radius 3 is 2.53 bits per heavy atom. The van der Waals surface area contributed by atoms with E-state index in [-0.39, 0.29) is 12.1 Å². The van der Waals surface area contributed by atoms with Crippen molar-refractivity contribution in [2.24, 2.45) is 0 Å². The van der Waals surface area contributed by atoms with Crippen LogP contribution in [0.2, 0.25) is 0 Å². The van der Waals surface area contributed by atoms with Gasteiger partial charge >= 0.3 is 6.03 Å². The van der Waals surface area contributed by atoms with E-state index in [1.54, 1.807) is 7.11 Å². The summed E-state index contributed by atoms with van der Waals surface area (Å²) >= 11 is 0. The molecule has 1 aromatic carbocycles. The Bertz CT molecular complexity index is 469. The molecule has 1 atom stereocenters. The molecule has 2 rings (SSSR count). The van der Waals surface area contributed by atoms with Crippen LogP contribution >= 0.6 is 0 Å². The van der Waals surface area contributed by atoms with Gasteiger partial charge in [0.15, 0.2) is 0 Å². The molecular formula is C13H18N2O2. The molecule has 0 radical (unpaired) electrons. The molecule has 1 heterocycles. The minimum atomic E-state index is -0.0951. The maximum Gasteiger partial charge on any atom is 0.315 e. The molecule has 0 aliphatic carbocycles. The van der Waals surface area contributed by atoms with E-state index in [0.717, 1.165) is 16.9 Å². The number of ether oxygens (including phenoxy) is 1. The lowest BCUT2D eigenvalue weighted by Gasteiger charge is -2.19. The largest absolute Gasteiger partial charge is 0.496 e. The van der Waals surface area contributed by atoms with E-state index in [4.69, 9.17) is 4.74 Å². The number of hydrogen-bond donors (Lipinski definition) is 2. The van der Waals surface area contributed by atoms with Crippen LogP contribution in [0.3, 0.4) is 0 Å². The summed E-state index contributed by atoms with van der Waals surface area (Å²) in [6.45, 7) is 6.81. The molecule has 2 N–H and O–H groups in total. The molecule has 1 aliphatic heterocycles. The summed E-state index contributed by atoms with van der Waals surface area (Å²) in [6.07, 6.45) is 0. The molecule has 1 aliphatic rings. The number of urea groups is 1. The van der Waals surface area contributed by atoms with Crippen molar-refractivity contribution in [3.05, 3.63) is 28.3 Å². The first-order valence-corrected chi connectivity index (χ1v) is 5.73. The van der Waals surface area contributed by atoms with E-state index in [9.17, 15) is 4.79 Å². The minimum Gasteiger partial charge on any atom is -0.496 e. The van der Waals surface area contributed by atoms with Gasteiger partial charge in [0.1, 0.15) is 5.75 Å². The normalized spacial score (nSPS) is 18.8. The van der Waals surface area contributed by atoms with Crippen LogP contribution in [0.25, 0.3) is 0 Å². The zero-order valence-corrected chi connectivity index (χ0v) is 10.7. The highest BCUT2D eigenvalue weighted by Crippen LogP contribution is 2.31. The average molecular weight is 234 g/mol. The number of nitrogens with one attached hydrogen (secondary N) is 2. The molecule has 2 amide bonds. The fourth-order valence-corrected chi connectivity index (χ4v) is 2.44. The second-order valence-electron chi connectivity index (χ2n) is 4.47. The van der Waals surface area contributed by atoms with Crippen molar-refractivity contribution in [2.75, 3.05) is 13.7 Å². The van der Waals surface area contributed by atoms with Crippen molar-refractivity contribution in [1.82, 2.24) is 10.6 Å². The van der Waals surface area contributed by atoms with Crippen LogP contribution in [0, 0.1) is 20.8 Å². The number of hydrogen-bond acceptors (Lipinski definition) is 2. The van der Waals surface area contributed by atoms with E-state index in [1.807, 2.05) is 13.0 Å². The maximum absolute atomic E-state index is 11.2. The summed E-state index contributed by atoms with van der Waals surface area (Å²) in [6, 6.07) is 2.00. The highest BCUT2D eigenvalue weighted by atomic mass is 16.5. The monoisotopic (exact) mass is 234 g/mol. The molecule has 4 heteroatoms. The molecule has 92 valence electrons. The Morgan fingerprint density at radius 1 is 1.29 bits per heavy atom. The first-order chi connectivity index (χ1) is 8.04. The molecule has 0 aromatic heterocycles. The fourth-order valence-electron chi connectivity index (χ4n) is 2.44. The molecule has 17 heavy (non-hydrogen) atoms. The van der Waals surface area contributed by atoms with Gasteiger partial charge in [0.25, 0.3) is 0 Å². The van der Waals surface area contributed by atoms with Crippen LogP contribution in [-0.4, -0.2) is 19.7 Å². The van der Waals surface area contributed by atoms with E-state index in [0.29, 0.717) is 6.54 Å². The second-order valence-corrected chi connectivity index (χ2v) is 4.47. The van der Waals surface area contributed by atoms with Crippen LogP contribution in [-0.2, 0) is 0 Å². The summed E-state index contributed by atoms with van der Waals surface area (Å²) in [5.74, 6) is 0.904.